The molecule has 2 saturated heterocycles. The lowest BCUT2D eigenvalue weighted by molar-refractivity contribution is -0.136. The van der Waals surface area contributed by atoms with E-state index in [1.807, 2.05) is 59.5 Å². The molecule has 2 aromatic carbocycles. The Hall–Kier alpha value is -3.32. The number of nitrogens with zero attached hydrogens (tertiary/aromatic N) is 5. The predicted octanol–water partition coefficient (Wildman–Crippen LogP) is 4.49. The molecule has 0 bridgehead atoms. The van der Waals surface area contributed by atoms with Crippen LogP contribution in [0.3, 0.4) is 0 Å². The van der Waals surface area contributed by atoms with Crippen molar-refractivity contribution >= 4 is 29.0 Å². The van der Waals surface area contributed by atoms with Crippen molar-refractivity contribution in [1.29, 1.82) is 0 Å². The lowest BCUT2D eigenvalue weighted by Gasteiger charge is -2.40. The van der Waals surface area contributed by atoms with Gasteiger partial charge in [-0.1, -0.05) is 29.8 Å². The highest BCUT2D eigenvalue weighted by Crippen LogP contribution is 2.31. The van der Waals surface area contributed by atoms with Crippen LogP contribution in [0.1, 0.15) is 12.8 Å². The number of ether oxygens (including phenoxy) is 1. The van der Waals surface area contributed by atoms with Gasteiger partial charge >= 0.3 is 0 Å². The number of hydrogen-bond acceptors (Lipinski definition) is 6. The van der Waals surface area contributed by atoms with E-state index in [-0.39, 0.29) is 11.8 Å². The van der Waals surface area contributed by atoms with Crippen LogP contribution in [-0.4, -0.2) is 60.0 Å². The number of carbonyl (C=O) groups is 1. The Balaban J connectivity index is 1.22. The maximum Gasteiger partial charge on any atom is 0.263 e. The van der Waals surface area contributed by atoms with E-state index in [1.165, 1.54) is 0 Å². The van der Waals surface area contributed by atoms with Crippen LogP contribution in [-0.2, 0) is 4.79 Å². The molecule has 34 heavy (non-hydrogen) atoms. The number of piperidine rings is 1. The molecule has 2 aliphatic heterocycles. The van der Waals surface area contributed by atoms with Crippen LogP contribution >= 0.6 is 11.6 Å². The molecular weight excluding hydrogens is 450 g/mol. The topological polar surface area (TPSA) is 61.8 Å². The van der Waals surface area contributed by atoms with Crippen LogP contribution in [0.25, 0.3) is 0 Å². The van der Waals surface area contributed by atoms with E-state index < -0.39 is 0 Å². The number of para-hydroxylation sites is 1. The van der Waals surface area contributed by atoms with Crippen molar-refractivity contribution in [3.05, 3.63) is 72.0 Å². The number of aromatic nitrogens is 2. The number of benzene rings is 2. The average molecular weight is 478 g/mol. The zero-order chi connectivity index (χ0) is 23.3. The minimum atomic E-state index is -0.0533. The first-order chi connectivity index (χ1) is 16.7. The second-order valence-corrected chi connectivity index (χ2v) is 9.11. The van der Waals surface area contributed by atoms with Crippen molar-refractivity contribution in [2.24, 2.45) is 5.92 Å². The minimum Gasteiger partial charge on any atom is -0.436 e. The van der Waals surface area contributed by atoms with Crippen LogP contribution < -0.4 is 14.5 Å². The Morgan fingerprint density at radius 2 is 1.62 bits per heavy atom. The molecule has 2 fully saturated rings. The summed E-state index contributed by atoms with van der Waals surface area (Å²) in [6, 6.07) is 17.5. The normalized spacial score (nSPS) is 18.6. The molecule has 0 N–H and O–H groups in total. The fourth-order valence-corrected chi connectivity index (χ4v) is 4.80. The van der Waals surface area contributed by atoms with E-state index in [2.05, 4.69) is 19.8 Å². The molecule has 1 amide bonds. The maximum atomic E-state index is 13.4. The van der Waals surface area contributed by atoms with Gasteiger partial charge in [0.2, 0.25) is 5.91 Å². The number of anilines is 2. The van der Waals surface area contributed by atoms with Gasteiger partial charge in [-0.2, -0.15) is 0 Å². The van der Waals surface area contributed by atoms with Gasteiger partial charge < -0.3 is 19.4 Å². The van der Waals surface area contributed by atoms with Crippen molar-refractivity contribution < 1.29 is 9.53 Å². The maximum absolute atomic E-state index is 13.4. The number of rotatable bonds is 5. The van der Waals surface area contributed by atoms with Gasteiger partial charge in [0.05, 0.1) is 5.92 Å². The van der Waals surface area contributed by atoms with E-state index in [4.69, 9.17) is 16.3 Å². The quantitative estimate of drug-likeness (QED) is 0.539. The molecule has 0 aliphatic carbocycles. The van der Waals surface area contributed by atoms with Gasteiger partial charge in [-0.15, -0.1) is 0 Å². The summed E-state index contributed by atoms with van der Waals surface area (Å²) in [4.78, 5) is 28.8. The highest BCUT2D eigenvalue weighted by atomic mass is 35.5. The number of piperazine rings is 1. The van der Waals surface area contributed by atoms with Gasteiger partial charge in [-0.3, -0.25) is 4.79 Å². The summed E-state index contributed by atoms with van der Waals surface area (Å²) in [5, 5.41) is 0.736. The van der Waals surface area contributed by atoms with Gasteiger partial charge in [0.25, 0.3) is 5.88 Å². The molecule has 2 aliphatic rings. The first-order valence-corrected chi connectivity index (χ1v) is 12.1. The Kier molecular flexibility index (Phi) is 6.81. The molecule has 0 unspecified atom stereocenters. The molecule has 1 aromatic heterocycles. The third-order valence-corrected chi connectivity index (χ3v) is 6.71. The third-order valence-electron chi connectivity index (χ3n) is 6.46. The number of halogens is 1. The van der Waals surface area contributed by atoms with Crippen LogP contribution in [0.5, 0.6) is 11.6 Å². The second kappa shape index (κ2) is 10.3. The molecule has 7 nitrogen and oxygen atoms in total. The largest absolute Gasteiger partial charge is 0.436 e. The molecule has 3 heterocycles. The molecule has 3 aromatic rings. The van der Waals surface area contributed by atoms with E-state index >= 15 is 0 Å². The molecule has 8 heteroatoms. The molecule has 0 saturated carbocycles. The van der Waals surface area contributed by atoms with E-state index in [9.17, 15) is 4.79 Å². The van der Waals surface area contributed by atoms with Gasteiger partial charge in [-0.25, -0.2) is 9.97 Å². The highest BCUT2D eigenvalue weighted by molar-refractivity contribution is 6.30. The Bertz CT molecular complexity index is 1100. The molecule has 176 valence electrons. The summed E-state index contributed by atoms with van der Waals surface area (Å²) in [6.45, 7) is 4.56. The van der Waals surface area contributed by atoms with Gasteiger partial charge in [-0.05, 0) is 49.2 Å². The summed E-state index contributed by atoms with van der Waals surface area (Å²) in [7, 11) is 0. The monoisotopic (exact) mass is 477 g/mol. The van der Waals surface area contributed by atoms with E-state index in [1.54, 1.807) is 12.4 Å². The first-order valence-electron chi connectivity index (χ1n) is 11.8. The van der Waals surface area contributed by atoms with Crippen molar-refractivity contribution in [3.63, 3.8) is 0 Å². The molecule has 5 rings (SSSR count). The van der Waals surface area contributed by atoms with Crippen molar-refractivity contribution in [2.75, 3.05) is 49.1 Å². The Morgan fingerprint density at radius 3 is 2.38 bits per heavy atom. The van der Waals surface area contributed by atoms with Crippen LogP contribution in [0.15, 0.2) is 67.0 Å². The van der Waals surface area contributed by atoms with Crippen LogP contribution in [0, 0.1) is 5.92 Å². The van der Waals surface area contributed by atoms with Gasteiger partial charge in [0, 0.05) is 62.4 Å². The smallest absolute Gasteiger partial charge is 0.263 e. The third kappa shape index (κ3) is 5.09. The Labute approximate surface area is 204 Å². The molecule has 0 radical (unpaired) electrons. The average Bonchev–Trinajstić information content (AvgIpc) is 2.90. The van der Waals surface area contributed by atoms with Crippen LogP contribution in [0.2, 0.25) is 5.02 Å². The number of amides is 1. The van der Waals surface area contributed by atoms with Crippen LogP contribution in [0.4, 0.5) is 11.5 Å². The summed E-state index contributed by atoms with van der Waals surface area (Å²) in [5.74, 6) is 2.06. The molecular formula is C26H28ClN5O2. The second-order valence-electron chi connectivity index (χ2n) is 8.67. The van der Waals surface area contributed by atoms with Crippen molar-refractivity contribution in [2.45, 2.75) is 12.8 Å². The van der Waals surface area contributed by atoms with Gasteiger partial charge in [0.15, 0.2) is 5.82 Å². The standard InChI is InChI=1S/C26H28ClN5O2/c27-21-8-10-22(11-9-21)30-15-17-31(18-16-30)26(33)20-5-4-14-32(19-20)24-25(29-13-12-28-24)34-23-6-2-1-3-7-23/h1-3,6-13,20H,4-5,14-19H2/t20-/m1/s1. The predicted molar refractivity (Wildman–Crippen MR) is 134 cm³/mol. The number of hydrogen-bond donors (Lipinski definition) is 0. The lowest BCUT2D eigenvalue weighted by atomic mass is 9.96. The van der Waals surface area contributed by atoms with E-state index in [0.717, 1.165) is 56.3 Å². The lowest BCUT2D eigenvalue weighted by Crippen LogP contribution is -2.52. The summed E-state index contributed by atoms with van der Waals surface area (Å²) < 4.78 is 6.01. The highest BCUT2D eigenvalue weighted by Gasteiger charge is 2.32. The van der Waals surface area contributed by atoms with Crippen molar-refractivity contribution in [1.82, 2.24) is 14.9 Å². The SMILES string of the molecule is O=C([C@@H]1CCCN(c2nccnc2Oc2ccccc2)C1)N1CCN(c2ccc(Cl)cc2)CC1. The zero-order valence-electron chi connectivity index (χ0n) is 19.0. The fourth-order valence-electron chi connectivity index (χ4n) is 4.67. The van der Waals surface area contributed by atoms with Crippen molar-refractivity contribution in [3.8, 4) is 11.6 Å². The summed E-state index contributed by atoms with van der Waals surface area (Å²) >= 11 is 6.02. The molecule has 1 atom stereocenters. The Morgan fingerprint density at radius 1 is 0.882 bits per heavy atom. The summed E-state index contributed by atoms with van der Waals surface area (Å²) in [5.41, 5.74) is 1.15. The van der Waals surface area contributed by atoms with Gasteiger partial charge in [0.1, 0.15) is 5.75 Å². The fraction of sp³-hybridized carbons (Fsp3) is 0.346. The summed E-state index contributed by atoms with van der Waals surface area (Å²) in [6.07, 6.45) is 5.13. The zero-order valence-corrected chi connectivity index (χ0v) is 19.8. The van der Waals surface area contributed by atoms with E-state index in [0.29, 0.717) is 24.0 Å². The molecule has 0 spiro atoms. The first kappa shape index (κ1) is 22.5. The number of carbonyl (C=O) groups excluding carboxylic acids is 1. The minimum absolute atomic E-state index is 0.0533.